The van der Waals surface area contributed by atoms with Gasteiger partial charge in [0.05, 0.1) is 22.9 Å². The lowest BCUT2D eigenvalue weighted by Gasteiger charge is -2.10. The molecule has 20 heavy (non-hydrogen) atoms. The summed E-state index contributed by atoms with van der Waals surface area (Å²) in [6.07, 6.45) is 9.60. The van der Waals surface area contributed by atoms with Gasteiger partial charge in [0.25, 0.3) is 0 Å². The van der Waals surface area contributed by atoms with Gasteiger partial charge in [-0.3, -0.25) is 0 Å². The number of aromatic carboxylic acids is 1. The molecule has 0 saturated heterocycles. The number of carboxylic acids is 1. The highest BCUT2D eigenvalue weighted by molar-refractivity contribution is 6.01. The average Bonchev–Trinajstić information content (AvgIpc) is 3.08. The lowest BCUT2D eigenvalue weighted by atomic mass is 10.0. The predicted octanol–water partition coefficient (Wildman–Crippen LogP) is 3.70. The summed E-state index contributed by atoms with van der Waals surface area (Å²) in [5, 5.41) is 9.28. The lowest BCUT2D eigenvalue weighted by molar-refractivity contribution is 0.0698. The average molecular weight is 272 g/mol. The Balaban J connectivity index is 1.75. The normalized spacial score (nSPS) is 16.0. The van der Waals surface area contributed by atoms with Gasteiger partial charge in [0.1, 0.15) is 0 Å². The second-order valence-electron chi connectivity index (χ2n) is 5.71. The number of aryl methyl sites for hydroxylation is 1. The third-order valence-electron chi connectivity index (χ3n) is 4.35. The third kappa shape index (κ3) is 2.55. The Kier molecular flexibility index (Phi) is 3.72. The summed E-state index contributed by atoms with van der Waals surface area (Å²) in [6.45, 7) is 0.858. The maximum atomic E-state index is 11.3. The first-order valence-corrected chi connectivity index (χ1v) is 7.43. The number of carboxylic acid groups (broad SMARTS) is 1. The zero-order valence-corrected chi connectivity index (χ0v) is 11.6. The Bertz CT molecular complexity index is 612. The lowest BCUT2D eigenvalue weighted by Crippen LogP contribution is -2.04. The molecule has 1 fully saturated rings. The molecule has 2 aromatic rings. The van der Waals surface area contributed by atoms with Crippen molar-refractivity contribution in [3.05, 3.63) is 30.1 Å². The molecule has 0 unspecified atom stereocenters. The van der Waals surface area contributed by atoms with E-state index < -0.39 is 5.97 Å². The zero-order valence-electron chi connectivity index (χ0n) is 11.6. The molecule has 0 amide bonds. The second-order valence-corrected chi connectivity index (χ2v) is 5.71. The Morgan fingerprint density at radius 3 is 2.90 bits per heavy atom. The molecule has 0 aliphatic heterocycles. The predicted molar refractivity (Wildman–Crippen MR) is 77.9 cm³/mol. The van der Waals surface area contributed by atoms with Crippen LogP contribution in [0.3, 0.4) is 0 Å². The molecule has 1 saturated carbocycles. The summed E-state index contributed by atoms with van der Waals surface area (Å²) in [7, 11) is 0. The highest BCUT2D eigenvalue weighted by atomic mass is 16.4. The number of hydrogen-bond acceptors (Lipinski definition) is 2. The van der Waals surface area contributed by atoms with Gasteiger partial charge in [-0.2, -0.15) is 0 Å². The van der Waals surface area contributed by atoms with E-state index in [2.05, 4.69) is 4.98 Å². The van der Waals surface area contributed by atoms with E-state index >= 15 is 0 Å². The minimum absolute atomic E-state index is 0.348. The zero-order chi connectivity index (χ0) is 13.9. The third-order valence-corrected chi connectivity index (χ3v) is 4.35. The Morgan fingerprint density at radius 1 is 1.35 bits per heavy atom. The first-order chi connectivity index (χ1) is 9.75. The molecule has 1 heterocycles. The Morgan fingerprint density at radius 2 is 2.15 bits per heavy atom. The number of carbonyl (C=O) groups is 1. The minimum Gasteiger partial charge on any atom is -0.478 e. The molecule has 0 spiro atoms. The molecule has 4 nitrogen and oxygen atoms in total. The van der Waals surface area contributed by atoms with Crippen molar-refractivity contribution in [2.75, 3.05) is 0 Å². The number of hydrogen-bond donors (Lipinski definition) is 1. The van der Waals surface area contributed by atoms with Crippen molar-refractivity contribution in [3.63, 3.8) is 0 Å². The van der Waals surface area contributed by atoms with Crippen LogP contribution in [0.25, 0.3) is 11.0 Å². The maximum absolute atomic E-state index is 11.3. The quantitative estimate of drug-likeness (QED) is 0.902. The number of aromatic nitrogens is 2. The molecular formula is C16H20N2O2. The summed E-state index contributed by atoms with van der Waals surface area (Å²) < 4.78 is 1.99. The van der Waals surface area contributed by atoms with E-state index in [1.165, 1.54) is 32.1 Å². The molecule has 0 bridgehead atoms. The molecule has 0 radical (unpaired) electrons. The maximum Gasteiger partial charge on any atom is 0.337 e. The van der Waals surface area contributed by atoms with E-state index in [-0.39, 0.29) is 0 Å². The van der Waals surface area contributed by atoms with Gasteiger partial charge >= 0.3 is 5.97 Å². The summed E-state index contributed by atoms with van der Waals surface area (Å²) in [5.41, 5.74) is 1.87. The molecule has 1 aliphatic carbocycles. The first-order valence-electron chi connectivity index (χ1n) is 7.43. The van der Waals surface area contributed by atoms with E-state index in [1.54, 1.807) is 18.5 Å². The smallest absolute Gasteiger partial charge is 0.337 e. The first kappa shape index (κ1) is 13.2. The van der Waals surface area contributed by atoms with Crippen LogP contribution in [0.5, 0.6) is 0 Å². The van der Waals surface area contributed by atoms with E-state index in [0.717, 1.165) is 29.9 Å². The summed E-state index contributed by atoms with van der Waals surface area (Å²) in [5.74, 6) is -0.00290. The number of rotatable bonds is 5. The minimum atomic E-state index is -0.881. The van der Waals surface area contributed by atoms with Crippen LogP contribution in [-0.2, 0) is 6.54 Å². The molecule has 1 aromatic carbocycles. The van der Waals surface area contributed by atoms with Crippen molar-refractivity contribution in [1.29, 1.82) is 0 Å². The molecule has 0 atom stereocenters. The van der Waals surface area contributed by atoms with Crippen LogP contribution < -0.4 is 0 Å². The number of imidazole rings is 1. The van der Waals surface area contributed by atoms with Gasteiger partial charge in [0.15, 0.2) is 0 Å². The number of benzene rings is 1. The Hall–Kier alpha value is -1.84. The number of nitrogens with zero attached hydrogens (tertiary/aromatic N) is 2. The standard InChI is InChI=1S/C16H20N2O2/c19-16(20)13-8-3-9-14-15(13)18(11-17-14)10-4-7-12-5-1-2-6-12/h3,8-9,11-12H,1-2,4-7,10H2,(H,19,20). The van der Waals surface area contributed by atoms with Crippen LogP contribution in [-0.4, -0.2) is 20.6 Å². The van der Waals surface area contributed by atoms with Crippen molar-refractivity contribution >= 4 is 17.0 Å². The summed E-state index contributed by atoms with van der Waals surface area (Å²) in [4.78, 5) is 15.6. The molecule has 3 rings (SSSR count). The van der Waals surface area contributed by atoms with Gasteiger partial charge in [-0.1, -0.05) is 31.7 Å². The fourth-order valence-corrected chi connectivity index (χ4v) is 3.32. The van der Waals surface area contributed by atoms with E-state index in [1.807, 2.05) is 10.6 Å². The van der Waals surface area contributed by atoms with Crippen molar-refractivity contribution in [1.82, 2.24) is 9.55 Å². The van der Waals surface area contributed by atoms with Crippen LogP contribution in [0.2, 0.25) is 0 Å². The fraction of sp³-hybridized carbons (Fsp3) is 0.500. The van der Waals surface area contributed by atoms with Gasteiger partial charge in [-0.25, -0.2) is 9.78 Å². The summed E-state index contributed by atoms with van der Waals surface area (Å²) >= 11 is 0. The number of fused-ring (bicyclic) bond motifs is 1. The monoisotopic (exact) mass is 272 g/mol. The van der Waals surface area contributed by atoms with Gasteiger partial charge in [-0.05, 0) is 30.9 Å². The second kappa shape index (κ2) is 5.65. The number of para-hydroxylation sites is 1. The molecule has 1 N–H and O–H groups in total. The van der Waals surface area contributed by atoms with Crippen LogP contribution in [0.15, 0.2) is 24.5 Å². The SMILES string of the molecule is O=C(O)c1cccc2ncn(CCCC3CCCC3)c12. The van der Waals surface area contributed by atoms with Crippen molar-refractivity contribution < 1.29 is 9.90 Å². The Labute approximate surface area is 118 Å². The molecular weight excluding hydrogens is 252 g/mol. The highest BCUT2D eigenvalue weighted by Crippen LogP contribution is 2.29. The van der Waals surface area contributed by atoms with E-state index in [0.29, 0.717) is 5.56 Å². The van der Waals surface area contributed by atoms with Crippen molar-refractivity contribution in [2.24, 2.45) is 5.92 Å². The van der Waals surface area contributed by atoms with Crippen molar-refractivity contribution in [3.8, 4) is 0 Å². The van der Waals surface area contributed by atoms with Crippen molar-refractivity contribution in [2.45, 2.75) is 45.1 Å². The van der Waals surface area contributed by atoms with Gasteiger partial charge in [0, 0.05) is 6.54 Å². The molecule has 1 aliphatic rings. The molecule has 106 valence electrons. The largest absolute Gasteiger partial charge is 0.478 e. The van der Waals surface area contributed by atoms with E-state index in [4.69, 9.17) is 0 Å². The van der Waals surface area contributed by atoms with Gasteiger partial charge < -0.3 is 9.67 Å². The van der Waals surface area contributed by atoms with Crippen LogP contribution in [0.4, 0.5) is 0 Å². The van der Waals surface area contributed by atoms with Gasteiger partial charge in [-0.15, -0.1) is 0 Å². The van der Waals surface area contributed by atoms with Crippen LogP contribution >= 0.6 is 0 Å². The van der Waals surface area contributed by atoms with E-state index in [9.17, 15) is 9.90 Å². The molecule has 1 aromatic heterocycles. The fourth-order valence-electron chi connectivity index (χ4n) is 3.32. The van der Waals surface area contributed by atoms with Crippen LogP contribution in [0.1, 0.15) is 48.9 Å². The van der Waals surface area contributed by atoms with Crippen LogP contribution in [0, 0.1) is 5.92 Å². The summed E-state index contributed by atoms with van der Waals surface area (Å²) in [6, 6.07) is 5.27. The van der Waals surface area contributed by atoms with Gasteiger partial charge in [0.2, 0.25) is 0 Å². The highest BCUT2D eigenvalue weighted by Gasteiger charge is 2.16. The molecule has 4 heteroatoms. The topological polar surface area (TPSA) is 55.1 Å².